The number of hydrogen-bond donors (Lipinski definition) is 0. The first-order valence-corrected chi connectivity index (χ1v) is 7.29. The predicted molar refractivity (Wildman–Crippen MR) is 78.5 cm³/mol. The minimum atomic E-state index is -2.91. The molecule has 0 aliphatic rings. The van der Waals surface area contributed by atoms with E-state index in [9.17, 15) is 18.0 Å². The van der Waals surface area contributed by atoms with E-state index in [0.29, 0.717) is 12.0 Å². The molecule has 1 aromatic rings. The van der Waals surface area contributed by atoms with Crippen molar-refractivity contribution < 1.29 is 27.4 Å². The van der Waals surface area contributed by atoms with Gasteiger partial charge in [0, 0.05) is 11.8 Å². The smallest absolute Gasteiger partial charge is 0.435 e. The summed E-state index contributed by atoms with van der Waals surface area (Å²) in [5.74, 6) is -0.195. The molecule has 1 rings (SSSR count). The fraction of sp³-hybridized carbons (Fsp3) is 0.733. The number of aromatic nitrogens is 2. The van der Waals surface area contributed by atoms with Gasteiger partial charge in [-0.3, -0.25) is 0 Å². The maximum atomic E-state index is 14.0. The zero-order chi connectivity index (χ0) is 18.0. The summed E-state index contributed by atoms with van der Waals surface area (Å²) in [6.07, 6.45) is -4.21. The Bertz CT molecular complexity index is 551. The third kappa shape index (κ3) is 4.87. The van der Waals surface area contributed by atoms with Crippen LogP contribution in [0.3, 0.4) is 0 Å². The van der Waals surface area contributed by atoms with E-state index in [1.807, 2.05) is 0 Å². The van der Waals surface area contributed by atoms with Crippen LogP contribution in [0.1, 0.15) is 47.1 Å². The molecule has 0 radical (unpaired) electrons. The van der Waals surface area contributed by atoms with E-state index in [1.54, 1.807) is 27.7 Å². The topological polar surface area (TPSA) is 53.4 Å². The van der Waals surface area contributed by atoms with Crippen LogP contribution in [0, 0.1) is 5.41 Å². The number of nitrogens with zero attached hydrogens (tertiary/aromatic N) is 2. The lowest BCUT2D eigenvalue weighted by Crippen LogP contribution is -2.37. The van der Waals surface area contributed by atoms with E-state index in [2.05, 4.69) is 5.10 Å². The monoisotopic (exact) mass is 336 g/mol. The molecule has 8 heteroatoms. The highest BCUT2D eigenvalue weighted by molar-refractivity contribution is 5.70. The molecule has 1 heterocycles. The van der Waals surface area contributed by atoms with Gasteiger partial charge >= 0.3 is 6.09 Å². The molecule has 0 saturated carbocycles. The van der Waals surface area contributed by atoms with Gasteiger partial charge in [0.2, 0.25) is 12.3 Å². The summed E-state index contributed by atoms with van der Waals surface area (Å²) in [7, 11) is 0. The summed E-state index contributed by atoms with van der Waals surface area (Å²) in [6, 6.07) is 0. The Hall–Kier alpha value is -1.73. The van der Waals surface area contributed by atoms with Gasteiger partial charge in [-0.1, -0.05) is 6.92 Å². The molecule has 0 amide bonds. The maximum absolute atomic E-state index is 14.0. The summed E-state index contributed by atoms with van der Waals surface area (Å²) in [4.78, 5) is 11.9. The van der Waals surface area contributed by atoms with Crippen LogP contribution in [0.15, 0.2) is 6.20 Å². The molecule has 0 spiro atoms. The standard InChI is InChI=1S/C15H23F3N2O3/c1-7-9-8-20(13(21)23-14(2,3)4)19-10(9)22-12(18)15(5,6)11(16)17/h8,11-12H,7H2,1-6H3. The Labute approximate surface area is 133 Å². The van der Waals surface area contributed by atoms with Gasteiger partial charge in [0.25, 0.3) is 6.36 Å². The molecule has 0 aliphatic heterocycles. The highest BCUT2D eigenvalue weighted by Crippen LogP contribution is 2.33. The fourth-order valence-corrected chi connectivity index (χ4v) is 1.49. The number of alkyl halides is 3. The quantitative estimate of drug-likeness (QED) is 0.809. The molecule has 0 fully saturated rings. The van der Waals surface area contributed by atoms with Crippen molar-refractivity contribution >= 4 is 6.09 Å². The number of carbonyl (C=O) groups is 1. The van der Waals surface area contributed by atoms with Gasteiger partial charge in [-0.2, -0.15) is 4.68 Å². The number of halogens is 3. The Kier molecular flexibility index (Phi) is 5.71. The molecule has 0 aromatic carbocycles. The highest BCUT2D eigenvalue weighted by Gasteiger charge is 2.41. The molecule has 132 valence electrons. The van der Waals surface area contributed by atoms with Gasteiger partial charge < -0.3 is 9.47 Å². The van der Waals surface area contributed by atoms with Crippen molar-refractivity contribution in [1.82, 2.24) is 9.78 Å². The van der Waals surface area contributed by atoms with Gasteiger partial charge in [0.05, 0.1) is 5.41 Å². The Morgan fingerprint density at radius 3 is 2.26 bits per heavy atom. The first-order chi connectivity index (χ1) is 10.4. The van der Waals surface area contributed by atoms with Crippen molar-refractivity contribution in [2.75, 3.05) is 0 Å². The Morgan fingerprint density at radius 1 is 1.26 bits per heavy atom. The molecule has 1 aromatic heterocycles. The second-order valence-electron chi connectivity index (χ2n) is 6.79. The van der Waals surface area contributed by atoms with Gasteiger partial charge in [0.1, 0.15) is 5.60 Å². The number of hydrogen-bond acceptors (Lipinski definition) is 4. The molecule has 0 aliphatic carbocycles. The largest absolute Gasteiger partial charge is 0.442 e. The van der Waals surface area contributed by atoms with Crippen molar-refractivity contribution in [1.29, 1.82) is 0 Å². The van der Waals surface area contributed by atoms with Crippen molar-refractivity contribution in [3.05, 3.63) is 11.8 Å². The molecule has 5 nitrogen and oxygen atoms in total. The van der Waals surface area contributed by atoms with Gasteiger partial charge in [-0.25, -0.2) is 18.0 Å². The molecule has 23 heavy (non-hydrogen) atoms. The van der Waals surface area contributed by atoms with Crippen LogP contribution >= 0.6 is 0 Å². The number of rotatable bonds is 5. The van der Waals surface area contributed by atoms with Crippen LogP contribution in [0.2, 0.25) is 0 Å². The van der Waals surface area contributed by atoms with Crippen molar-refractivity contribution in [2.45, 2.75) is 66.3 Å². The maximum Gasteiger partial charge on any atom is 0.435 e. The summed E-state index contributed by atoms with van der Waals surface area (Å²) in [6.45, 7) is 8.92. The van der Waals surface area contributed by atoms with E-state index >= 15 is 0 Å². The van der Waals surface area contributed by atoms with E-state index in [0.717, 1.165) is 18.5 Å². The lowest BCUT2D eigenvalue weighted by molar-refractivity contribution is -0.115. The number of carbonyl (C=O) groups excluding carboxylic acids is 1. The molecule has 0 N–H and O–H groups in total. The van der Waals surface area contributed by atoms with Crippen molar-refractivity contribution in [2.24, 2.45) is 5.41 Å². The van der Waals surface area contributed by atoms with Crippen molar-refractivity contribution in [3.63, 3.8) is 0 Å². The minimum Gasteiger partial charge on any atom is -0.442 e. The van der Waals surface area contributed by atoms with Crippen LogP contribution in [0.4, 0.5) is 18.0 Å². The van der Waals surface area contributed by atoms with Crippen LogP contribution in [-0.4, -0.2) is 34.3 Å². The average Bonchev–Trinajstić information content (AvgIpc) is 2.79. The van der Waals surface area contributed by atoms with E-state index in [-0.39, 0.29) is 5.88 Å². The zero-order valence-electron chi connectivity index (χ0n) is 14.2. The Balaban J connectivity index is 2.99. The second kappa shape index (κ2) is 6.80. The number of aryl methyl sites for hydroxylation is 1. The molecule has 0 bridgehead atoms. The second-order valence-corrected chi connectivity index (χ2v) is 6.79. The molecular weight excluding hydrogens is 313 g/mol. The van der Waals surface area contributed by atoms with Crippen LogP contribution < -0.4 is 4.74 Å². The van der Waals surface area contributed by atoms with Gasteiger partial charge in [0.15, 0.2) is 0 Å². The van der Waals surface area contributed by atoms with E-state index in [4.69, 9.17) is 9.47 Å². The average molecular weight is 336 g/mol. The summed E-state index contributed by atoms with van der Waals surface area (Å²) in [5.41, 5.74) is -2.30. The molecule has 1 atom stereocenters. The highest BCUT2D eigenvalue weighted by atomic mass is 19.3. The first-order valence-electron chi connectivity index (χ1n) is 7.29. The number of ether oxygens (including phenoxy) is 2. The summed E-state index contributed by atoms with van der Waals surface area (Å²) < 4.78 is 50.7. The minimum absolute atomic E-state index is 0.195. The van der Waals surface area contributed by atoms with E-state index in [1.165, 1.54) is 6.20 Å². The van der Waals surface area contributed by atoms with Crippen LogP contribution in [0.25, 0.3) is 0 Å². The van der Waals surface area contributed by atoms with Crippen molar-refractivity contribution in [3.8, 4) is 5.88 Å². The third-order valence-corrected chi connectivity index (χ3v) is 3.08. The predicted octanol–water partition coefficient (Wildman–Crippen LogP) is 4.19. The van der Waals surface area contributed by atoms with E-state index < -0.39 is 29.9 Å². The fourth-order valence-electron chi connectivity index (χ4n) is 1.49. The van der Waals surface area contributed by atoms with Gasteiger partial charge in [-0.05, 0) is 41.0 Å². The van der Waals surface area contributed by atoms with Crippen LogP contribution in [0.5, 0.6) is 5.88 Å². The first kappa shape index (κ1) is 19.3. The SMILES string of the molecule is CCc1cn(C(=O)OC(C)(C)C)nc1OC(F)C(C)(C)C(F)F. The molecule has 1 unspecified atom stereocenters. The molecule has 0 saturated heterocycles. The molecular formula is C15H23F3N2O3. The van der Waals surface area contributed by atoms with Gasteiger partial charge in [-0.15, -0.1) is 5.10 Å². The third-order valence-electron chi connectivity index (χ3n) is 3.08. The lowest BCUT2D eigenvalue weighted by Gasteiger charge is -2.27. The lowest BCUT2D eigenvalue weighted by atomic mass is 9.94. The van der Waals surface area contributed by atoms with Crippen LogP contribution in [-0.2, 0) is 11.2 Å². The Morgan fingerprint density at radius 2 is 1.83 bits per heavy atom. The normalized spacial score (nSPS) is 14.0. The summed E-state index contributed by atoms with van der Waals surface area (Å²) >= 11 is 0. The zero-order valence-corrected chi connectivity index (χ0v) is 14.2. The summed E-state index contributed by atoms with van der Waals surface area (Å²) in [5, 5.41) is 3.81.